The van der Waals surface area contributed by atoms with Gasteiger partial charge in [0.05, 0.1) is 18.4 Å². The van der Waals surface area contributed by atoms with E-state index in [0.29, 0.717) is 6.54 Å². The fourth-order valence-electron chi connectivity index (χ4n) is 4.15. The third-order valence-corrected chi connectivity index (χ3v) is 6.12. The lowest BCUT2D eigenvalue weighted by Gasteiger charge is -2.31. The lowest BCUT2D eigenvalue weighted by molar-refractivity contribution is -0.141. The fourth-order valence-corrected chi connectivity index (χ4v) is 4.15. The molecule has 1 aliphatic carbocycles. The Balaban J connectivity index is 0.000000202. The Hall–Kier alpha value is -3.42. The van der Waals surface area contributed by atoms with Gasteiger partial charge in [0, 0.05) is 31.1 Å². The van der Waals surface area contributed by atoms with Gasteiger partial charge in [0.25, 0.3) is 0 Å². The van der Waals surface area contributed by atoms with Crippen LogP contribution in [0.1, 0.15) is 61.8 Å². The standard InChI is InChI=1S/C16H21NO3.C10H13N3O/c1-11(2)15(20)16(7-8-16)17(12(3)18)10-13-5-4-6-14(19)9-13;1-7-4-11-13(5-7)6-10-8(2)12-14-9(10)3/h4-6,9,11,19H,7-8,10H2,1-3H3;4-5H,6H2,1-3H3. The number of benzene rings is 1. The summed E-state index contributed by atoms with van der Waals surface area (Å²) < 4.78 is 6.97. The predicted octanol–water partition coefficient (Wildman–Crippen LogP) is 4.34. The predicted molar refractivity (Wildman–Crippen MR) is 128 cm³/mol. The van der Waals surface area contributed by atoms with E-state index in [4.69, 9.17) is 4.52 Å². The van der Waals surface area contributed by atoms with Crippen molar-refractivity contribution in [1.82, 2.24) is 19.8 Å². The summed E-state index contributed by atoms with van der Waals surface area (Å²) in [6.45, 7) is 12.2. The molecule has 3 aromatic rings. The maximum atomic E-state index is 12.4. The molecule has 2 aromatic heterocycles. The smallest absolute Gasteiger partial charge is 0.220 e. The van der Waals surface area contributed by atoms with Gasteiger partial charge in [0.1, 0.15) is 17.0 Å². The van der Waals surface area contributed by atoms with Gasteiger partial charge >= 0.3 is 0 Å². The van der Waals surface area contributed by atoms with Crippen LogP contribution in [-0.4, -0.2) is 42.2 Å². The van der Waals surface area contributed by atoms with E-state index in [-0.39, 0.29) is 23.4 Å². The lowest BCUT2D eigenvalue weighted by Crippen LogP contribution is -2.47. The van der Waals surface area contributed by atoms with E-state index in [0.717, 1.165) is 47.5 Å². The molecule has 0 bridgehead atoms. The van der Waals surface area contributed by atoms with Gasteiger partial charge in [-0.15, -0.1) is 0 Å². The van der Waals surface area contributed by atoms with E-state index in [1.807, 2.05) is 57.8 Å². The lowest BCUT2D eigenvalue weighted by atomic mass is 9.97. The van der Waals surface area contributed by atoms with E-state index < -0.39 is 5.54 Å². The van der Waals surface area contributed by atoms with Crippen molar-refractivity contribution in [1.29, 1.82) is 0 Å². The highest BCUT2D eigenvalue weighted by atomic mass is 16.5. The molecule has 182 valence electrons. The maximum Gasteiger partial charge on any atom is 0.220 e. The molecule has 4 rings (SSSR count). The van der Waals surface area contributed by atoms with Gasteiger partial charge in [-0.3, -0.25) is 14.3 Å². The molecule has 0 spiro atoms. The number of carbonyl (C=O) groups excluding carboxylic acids is 2. The number of Topliss-reactive ketones (excluding diaryl/α,β-unsaturated/α-hetero) is 1. The van der Waals surface area contributed by atoms with Crippen LogP contribution in [0.5, 0.6) is 5.75 Å². The number of rotatable bonds is 7. The molecular weight excluding hydrogens is 432 g/mol. The van der Waals surface area contributed by atoms with Gasteiger partial charge in [-0.1, -0.05) is 31.1 Å². The molecule has 2 heterocycles. The van der Waals surface area contributed by atoms with Crippen LogP contribution in [0.3, 0.4) is 0 Å². The first-order chi connectivity index (χ1) is 16.0. The Labute approximate surface area is 200 Å². The Morgan fingerprint density at radius 3 is 2.41 bits per heavy atom. The van der Waals surface area contributed by atoms with Crippen molar-refractivity contribution in [3.8, 4) is 5.75 Å². The number of amides is 1. The zero-order valence-electron chi connectivity index (χ0n) is 20.8. The van der Waals surface area contributed by atoms with Crippen LogP contribution in [0.25, 0.3) is 0 Å². The second-order valence-corrected chi connectivity index (χ2v) is 9.34. The van der Waals surface area contributed by atoms with Gasteiger partial charge in [0.2, 0.25) is 5.91 Å². The molecule has 1 fully saturated rings. The molecule has 0 unspecified atom stereocenters. The molecule has 8 nitrogen and oxygen atoms in total. The summed E-state index contributed by atoms with van der Waals surface area (Å²) in [6.07, 6.45) is 5.33. The number of aryl methyl sites for hydroxylation is 3. The monoisotopic (exact) mass is 466 g/mol. The Morgan fingerprint density at radius 2 is 1.94 bits per heavy atom. The van der Waals surface area contributed by atoms with Gasteiger partial charge in [-0.05, 0) is 56.9 Å². The number of phenols is 1. The van der Waals surface area contributed by atoms with Gasteiger partial charge in [0.15, 0.2) is 5.78 Å². The molecule has 0 atom stereocenters. The number of hydrogen-bond donors (Lipinski definition) is 1. The molecule has 1 aliphatic rings. The minimum absolute atomic E-state index is 0.0801. The van der Waals surface area contributed by atoms with Crippen molar-refractivity contribution in [2.45, 2.75) is 73.0 Å². The fraction of sp³-hybridized carbons (Fsp3) is 0.462. The van der Waals surface area contributed by atoms with Crippen LogP contribution in [0, 0.1) is 26.7 Å². The molecular formula is C26H34N4O4. The minimum atomic E-state index is -0.620. The molecule has 8 heteroatoms. The minimum Gasteiger partial charge on any atom is -0.508 e. The first kappa shape index (κ1) is 25.2. The molecule has 1 aromatic carbocycles. The molecule has 34 heavy (non-hydrogen) atoms. The first-order valence-electron chi connectivity index (χ1n) is 11.5. The Morgan fingerprint density at radius 1 is 1.24 bits per heavy atom. The number of aromatic nitrogens is 3. The second-order valence-electron chi connectivity index (χ2n) is 9.34. The van der Waals surface area contributed by atoms with Gasteiger partial charge in [-0.2, -0.15) is 5.10 Å². The normalized spacial score (nSPS) is 13.9. The topological polar surface area (TPSA) is 101 Å². The van der Waals surface area contributed by atoms with Crippen LogP contribution >= 0.6 is 0 Å². The van der Waals surface area contributed by atoms with Crippen molar-refractivity contribution in [2.75, 3.05) is 0 Å². The van der Waals surface area contributed by atoms with Crippen LogP contribution in [0.4, 0.5) is 0 Å². The zero-order chi connectivity index (χ0) is 25.0. The van der Waals surface area contributed by atoms with E-state index in [9.17, 15) is 14.7 Å². The number of ketones is 1. The number of nitrogens with zero attached hydrogens (tertiary/aromatic N) is 4. The summed E-state index contributed by atoms with van der Waals surface area (Å²) >= 11 is 0. The van der Waals surface area contributed by atoms with Gasteiger partial charge in [-0.25, -0.2) is 0 Å². The molecule has 0 saturated heterocycles. The average molecular weight is 467 g/mol. The molecule has 0 aliphatic heterocycles. The highest BCUT2D eigenvalue weighted by Crippen LogP contribution is 2.45. The summed E-state index contributed by atoms with van der Waals surface area (Å²) in [4.78, 5) is 26.0. The average Bonchev–Trinajstić information content (AvgIpc) is 3.38. The number of hydrogen-bond acceptors (Lipinski definition) is 6. The Bertz CT molecular complexity index is 1140. The summed E-state index contributed by atoms with van der Waals surface area (Å²) in [5, 5.41) is 17.6. The quantitative estimate of drug-likeness (QED) is 0.556. The molecule has 1 N–H and O–H groups in total. The summed E-state index contributed by atoms with van der Waals surface area (Å²) in [7, 11) is 0. The van der Waals surface area contributed by atoms with Crippen molar-refractivity contribution >= 4 is 11.7 Å². The van der Waals surface area contributed by atoms with E-state index in [1.54, 1.807) is 23.1 Å². The zero-order valence-corrected chi connectivity index (χ0v) is 20.8. The Kier molecular flexibility index (Phi) is 7.59. The van der Waals surface area contributed by atoms with Crippen molar-refractivity contribution < 1.29 is 19.2 Å². The summed E-state index contributed by atoms with van der Waals surface area (Å²) in [6, 6.07) is 6.82. The molecule has 0 radical (unpaired) electrons. The van der Waals surface area contributed by atoms with Crippen LogP contribution < -0.4 is 0 Å². The molecule has 1 saturated carbocycles. The van der Waals surface area contributed by atoms with Gasteiger partial charge < -0.3 is 14.5 Å². The van der Waals surface area contributed by atoms with Crippen LogP contribution in [0.15, 0.2) is 41.2 Å². The van der Waals surface area contributed by atoms with Crippen molar-refractivity contribution in [2.24, 2.45) is 5.92 Å². The number of aromatic hydroxyl groups is 1. The molecule has 1 amide bonds. The van der Waals surface area contributed by atoms with Crippen LogP contribution in [0.2, 0.25) is 0 Å². The van der Waals surface area contributed by atoms with E-state index in [1.165, 1.54) is 6.92 Å². The summed E-state index contributed by atoms with van der Waals surface area (Å²) in [5.74, 6) is 0.998. The van der Waals surface area contributed by atoms with E-state index >= 15 is 0 Å². The highest BCUT2D eigenvalue weighted by Gasteiger charge is 2.55. The van der Waals surface area contributed by atoms with Crippen molar-refractivity contribution in [3.05, 3.63) is 64.8 Å². The van der Waals surface area contributed by atoms with Crippen LogP contribution in [-0.2, 0) is 22.7 Å². The third-order valence-electron chi connectivity index (χ3n) is 6.12. The summed E-state index contributed by atoms with van der Waals surface area (Å²) in [5.41, 5.74) is 3.44. The second kappa shape index (κ2) is 10.2. The number of carbonyl (C=O) groups is 2. The largest absolute Gasteiger partial charge is 0.508 e. The highest BCUT2D eigenvalue weighted by molar-refractivity contribution is 5.96. The first-order valence-corrected chi connectivity index (χ1v) is 11.5. The maximum absolute atomic E-state index is 12.4. The third kappa shape index (κ3) is 5.73. The number of phenolic OH excluding ortho intramolecular Hbond substituents is 1. The van der Waals surface area contributed by atoms with E-state index in [2.05, 4.69) is 10.3 Å². The van der Waals surface area contributed by atoms with Crippen molar-refractivity contribution in [3.63, 3.8) is 0 Å². The SMILES string of the molecule is CC(=O)N(Cc1cccc(O)c1)C1(C(=O)C(C)C)CC1.Cc1cnn(Cc2c(C)noc2C)c1.